The minimum absolute atomic E-state index is 0.186. The van der Waals surface area contributed by atoms with Crippen molar-refractivity contribution in [2.45, 2.75) is 25.4 Å². The van der Waals surface area contributed by atoms with E-state index in [1.807, 2.05) is 6.08 Å². The van der Waals surface area contributed by atoms with Crippen LogP contribution in [0.3, 0.4) is 0 Å². The Morgan fingerprint density at radius 3 is 3.00 bits per heavy atom. The molecule has 21 heavy (non-hydrogen) atoms. The van der Waals surface area contributed by atoms with E-state index >= 15 is 0 Å². The van der Waals surface area contributed by atoms with Crippen molar-refractivity contribution in [3.05, 3.63) is 29.1 Å². The number of rotatable bonds is 3. The fraction of sp³-hybridized carbons (Fsp3) is 0.562. The highest BCUT2D eigenvalue weighted by atomic mass is 16.5. The molecule has 3 heterocycles. The highest BCUT2D eigenvalue weighted by molar-refractivity contribution is 5.92. The predicted octanol–water partition coefficient (Wildman–Crippen LogP) is 1.20. The number of esters is 1. The van der Waals surface area contributed by atoms with Gasteiger partial charge in [-0.2, -0.15) is 0 Å². The molecule has 1 atom stereocenters. The van der Waals surface area contributed by atoms with Crippen molar-refractivity contribution in [1.82, 2.24) is 9.88 Å². The van der Waals surface area contributed by atoms with Crippen molar-refractivity contribution in [1.29, 1.82) is 0 Å². The number of aliphatic hydroxyl groups is 1. The Labute approximate surface area is 123 Å². The van der Waals surface area contributed by atoms with E-state index in [1.165, 1.54) is 0 Å². The van der Waals surface area contributed by atoms with Crippen LogP contribution in [0.2, 0.25) is 0 Å². The first-order valence-electron chi connectivity index (χ1n) is 7.61. The molecule has 112 valence electrons. The van der Waals surface area contributed by atoms with Crippen LogP contribution in [0.1, 0.15) is 34.5 Å². The third-order valence-electron chi connectivity index (χ3n) is 5.13. The summed E-state index contributed by atoms with van der Waals surface area (Å²) in [6.45, 7) is 3.84. The van der Waals surface area contributed by atoms with Crippen molar-refractivity contribution >= 4 is 12.0 Å². The summed E-state index contributed by atoms with van der Waals surface area (Å²) in [7, 11) is 0. The van der Waals surface area contributed by atoms with E-state index in [1.54, 1.807) is 12.3 Å². The number of carbonyl (C=O) groups is 1. The van der Waals surface area contributed by atoms with Gasteiger partial charge in [0.15, 0.2) is 0 Å². The molecule has 0 saturated carbocycles. The molecule has 3 aliphatic rings. The van der Waals surface area contributed by atoms with Crippen LogP contribution >= 0.6 is 0 Å². The number of H-pyrrole nitrogens is 1. The van der Waals surface area contributed by atoms with Gasteiger partial charge in [-0.15, -0.1) is 0 Å². The molecular formula is C16H20N2O3. The molecule has 0 amide bonds. The lowest BCUT2D eigenvalue weighted by molar-refractivity contribution is 0.0323. The van der Waals surface area contributed by atoms with Crippen LogP contribution in [0, 0.1) is 5.41 Å². The molecule has 2 fully saturated rings. The molecule has 0 spiro atoms. The molecule has 0 radical (unpaired) electrons. The SMILES string of the molecule is O=C(OCC12CCN(CC1)C2)c1c[nH]c2c1CC(O)C=C2. The first-order chi connectivity index (χ1) is 10.2. The zero-order valence-electron chi connectivity index (χ0n) is 12.0. The number of nitrogens with zero attached hydrogens (tertiary/aromatic N) is 1. The average Bonchev–Trinajstić information content (AvgIpc) is 3.18. The average molecular weight is 288 g/mol. The normalized spacial score (nSPS) is 33.2. The second-order valence-electron chi connectivity index (χ2n) is 6.58. The summed E-state index contributed by atoms with van der Waals surface area (Å²) < 4.78 is 5.60. The predicted molar refractivity (Wildman–Crippen MR) is 77.9 cm³/mol. The van der Waals surface area contributed by atoms with Gasteiger partial charge in [0.1, 0.15) is 0 Å². The maximum Gasteiger partial charge on any atom is 0.339 e. The summed E-state index contributed by atoms with van der Waals surface area (Å²) in [5, 5.41) is 9.71. The molecule has 1 aliphatic carbocycles. The van der Waals surface area contributed by atoms with Crippen LogP contribution < -0.4 is 0 Å². The number of aromatic nitrogens is 1. The second kappa shape index (κ2) is 4.71. The monoisotopic (exact) mass is 288 g/mol. The Kier molecular flexibility index (Phi) is 2.94. The largest absolute Gasteiger partial charge is 0.461 e. The number of piperidine rings is 1. The number of aliphatic hydroxyl groups excluding tert-OH is 1. The number of hydrogen-bond acceptors (Lipinski definition) is 4. The third kappa shape index (κ3) is 2.21. The van der Waals surface area contributed by atoms with Gasteiger partial charge in [0.05, 0.1) is 18.3 Å². The number of hydrogen-bond donors (Lipinski definition) is 2. The summed E-state index contributed by atoms with van der Waals surface area (Å²) in [5.74, 6) is -0.269. The zero-order valence-corrected chi connectivity index (χ0v) is 12.0. The van der Waals surface area contributed by atoms with E-state index in [4.69, 9.17) is 4.74 Å². The number of nitrogens with one attached hydrogen (secondary N) is 1. The minimum Gasteiger partial charge on any atom is -0.461 e. The van der Waals surface area contributed by atoms with Gasteiger partial charge >= 0.3 is 5.97 Å². The lowest BCUT2D eigenvalue weighted by Gasteiger charge is -2.24. The van der Waals surface area contributed by atoms with Crippen molar-refractivity contribution in [3.8, 4) is 0 Å². The summed E-state index contributed by atoms with van der Waals surface area (Å²) in [6, 6.07) is 0. The van der Waals surface area contributed by atoms with E-state index in [0.29, 0.717) is 18.6 Å². The van der Waals surface area contributed by atoms with Crippen molar-refractivity contribution < 1.29 is 14.6 Å². The molecule has 1 unspecified atom stereocenters. The van der Waals surface area contributed by atoms with Crippen LogP contribution in [0.15, 0.2) is 12.3 Å². The standard InChI is InChI=1S/C16H20N2O3/c19-11-1-2-14-12(7-11)13(8-17-14)15(20)21-10-16-3-5-18(9-16)6-4-16/h1-2,8,11,17,19H,3-7,9-10H2. The molecule has 5 nitrogen and oxygen atoms in total. The fourth-order valence-electron chi connectivity index (χ4n) is 3.81. The fourth-order valence-corrected chi connectivity index (χ4v) is 3.81. The molecule has 2 N–H and O–H groups in total. The van der Waals surface area contributed by atoms with Gasteiger partial charge in [0, 0.05) is 30.3 Å². The minimum atomic E-state index is -0.517. The first kappa shape index (κ1) is 13.1. The molecule has 4 rings (SSSR count). The van der Waals surface area contributed by atoms with E-state index in [2.05, 4.69) is 9.88 Å². The van der Waals surface area contributed by atoms with Gasteiger partial charge in [-0.25, -0.2) is 4.79 Å². The highest BCUT2D eigenvalue weighted by Crippen LogP contribution is 2.40. The van der Waals surface area contributed by atoms with Gasteiger partial charge in [0.2, 0.25) is 0 Å². The van der Waals surface area contributed by atoms with E-state index < -0.39 is 6.10 Å². The van der Waals surface area contributed by atoms with E-state index in [9.17, 15) is 9.90 Å². The lowest BCUT2D eigenvalue weighted by Crippen LogP contribution is -2.27. The summed E-state index contributed by atoms with van der Waals surface area (Å²) >= 11 is 0. The Bertz CT molecular complexity index is 597. The van der Waals surface area contributed by atoms with Crippen molar-refractivity contribution in [2.75, 3.05) is 26.2 Å². The Morgan fingerprint density at radius 2 is 2.29 bits per heavy atom. The van der Waals surface area contributed by atoms with Crippen molar-refractivity contribution in [2.24, 2.45) is 5.41 Å². The molecule has 5 heteroatoms. The lowest BCUT2D eigenvalue weighted by atomic mass is 9.86. The maximum atomic E-state index is 12.4. The van der Waals surface area contributed by atoms with Crippen molar-refractivity contribution in [3.63, 3.8) is 0 Å². The summed E-state index contributed by atoms with van der Waals surface area (Å²) in [4.78, 5) is 17.9. The molecule has 2 aliphatic heterocycles. The molecular weight excluding hydrogens is 268 g/mol. The van der Waals surface area contributed by atoms with Crippen LogP contribution in [0.25, 0.3) is 6.08 Å². The number of carbonyl (C=O) groups excluding carboxylic acids is 1. The third-order valence-corrected chi connectivity index (χ3v) is 5.13. The van der Waals surface area contributed by atoms with E-state index in [0.717, 1.165) is 43.7 Å². The van der Waals surface area contributed by atoms with Crippen LogP contribution in [0.4, 0.5) is 0 Å². The maximum absolute atomic E-state index is 12.4. The smallest absolute Gasteiger partial charge is 0.339 e. The van der Waals surface area contributed by atoms with Gasteiger partial charge in [-0.1, -0.05) is 6.08 Å². The van der Waals surface area contributed by atoms with Gasteiger partial charge in [-0.3, -0.25) is 0 Å². The molecule has 0 aromatic carbocycles. The Morgan fingerprint density at radius 1 is 1.48 bits per heavy atom. The van der Waals surface area contributed by atoms with Gasteiger partial charge < -0.3 is 19.7 Å². The van der Waals surface area contributed by atoms with Crippen LogP contribution in [-0.4, -0.2) is 53.3 Å². The Hall–Kier alpha value is -1.59. The first-order valence-corrected chi connectivity index (χ1v) is 7.61. The molecule has 2 saturated heterocycles. The molecule has 1 aromatic rings. The van der Waals surface area contributed by atoms with Crippen LogP contribution in [0.5, 0.6) is 0 Å². The summed E-state index contributed by atoms with van der Waals surface area (Å²) in [5.41, 5.74) is 2.52. The zero-order chi connectivity index (χ0) is 14.4. The van der Waals surface area contributed by atoms with Gasteiger partial charge in [0.25, 0.3) is 0 Å². The second-order valence-corrected chi connectivity index (χ2v) is 6.58. The van der Waals surface area contributed by atoms with Crippen LogP contribution in [-0.2, 0) is 11.2 Å². The molecule has 2 bridgehead atoms. The topological polar surface area (TPSA) is 65.6 Å². The Balaban J connectivity index is 1.46. The molecule has 1 aromatic heterocycles. The number of aromatic amines is 1. The number of fused-ring (bicyclic) bond motifs is 3. The quantitative estimate of drug-likeness (QED) is 0.820. The number of ether oxygens (including phenoxy) is 1. The summed E-state index contributed by atoms with van der Waals surface area (Å²) in [6.07, 6.45) is 7.47. The highest BCUT2D eigenvalue weighted by Gasteiger charge is 2.44. The van der Waals surface area contributed by atoms with Gasteiger partial charge in [-0.05, 0) is 37.6 Å². The van der Waals surface area contributed by atoms with E-state index in [-0.39, 0.29) is 11.4 Å².